The predicted octanol–water partition coefficient (Wildman–Crippen LogP) is 2.17. The zero-order valence-corrected chi connectivity index (χ0v) is 11.5. The Balaban J connectivity index is 1.59. The second-order valence-corrected chi connectivity index (χ2v) is 5.10. The molecule has 0 bridgehead atoms. The average molecular weight is 285 g/mol. The lowest BCUT2D eigenvalue weighted by Crippen LogP contribution is -2.39. The van der Waals surface area contributed by atoms with Gasteiger partial charge in [0.25, 0.3) is 0 Å². The molecular formula is C16H16FN3O. The van der Waals surface area contributed by atoms with Crippen LogP contribution in [0.4, 0.5) is 4.39 Å². The summed E-state index contributed by atoms with van der Waals surface area (Å²) in [5.41, 5.74) is 1.54. The minimum absolute atomic E-state index is 0.104. The van der Waals surface area contributed by atoms with Crippen LogP contribution in [0.15, 0.2) is 42.6 Å². The fourth-order valence-electron chi connectivity index (χ4n) is 2.52. The Morgan fingerprint density at radius 1 is 1.38 bits per heavy atom. The van der Waals surface area contributed by atoms with E-state index in [1.54, 1.807) is 24.4 Å². The normalized spacial score (nSPS) is 17.7. The zero-order valence-electron chi connectivity index (χ0n) is 11.5. The number of carbonyl (C=O) groups excluding carboxylic acids is 1. The lowest BCUT2D eigenvalue weighted by atomic mass is 10.0. The van der Waals surface area contributed by atoms with Gasteiger partial charge in [-0.05, 0) is 24.6 Å². The first-order valence-corrected chi connectivity index (χ1v) is 6.96. The van der Waals surface area contributed by atoms with Crippen molar-refractivity contribution in [3.05, 3.63) is 59.7 Å². The number of rotatable bonds is 3. The Hall–Kier alpha value is -2.43. The highest BCUT2D eigenvalue weighted by Gasteiger charge is 2.19. The number of carbonyl (C=O) groups is 1. The van der Waals surface area contributed by atoms with Crippen LogP contribution < -0.4 is 5.32 Å². The molecule has 0 aliphatic carbocycles. The van der Waals surface area contributed by atoms with Crippen LogP contribution in [0.3, 0.4) is 0 Å². The predicted molar refractivity (Wildman–Crippen MR) is 77.9 cm³/mol. The fraction of sp³-hybridized carbons (Fsp3) is 0.250. The SMILES string of the molecule is O=C(C=Cc1ccccc1F)NC1CCn2nccc2C1. The zero-order chi connectivity index (χ0) is 14.7. The molecule has 2 heterocycles. The number of nitrogens with one attached hydrogen (secondary N) is 1. The van der Waals surface area contributed by atoms with Crippen LogP contribution in [-0.4, -0.2) is 21.7 Å². The van der Waals surface area contributed by atoms with Crippen LogP contribution >= 0.6 is 0 Å². The Labute approximate surface area is 122 Å². The molecule has 1 unspecified atom stereocenters. The molecule has 2 aromatic rings. The lowest BCUT2D eigenvalue weighted by molar-refractivity contribution is -0.117. The van der Waals surface area contributed by atoms with Gasteiger partial charge >= 0.3 is 0 Å². The Kier molecular flexibility index (Phi) is 3.81. The first-order valence-electron chi connectivity index (χ1n) is 6.96. The van der Waals surface area contributed by atoms with Gasteiger partial charge < -0.3 is 5.32 Å². The number of fused-ring (bicyclic) bond motifs is 1. The van der Waals surface area contributed by atoms with E-state index in [-0.39, 0.29) is 17.8 Å². The monoisotopic (exact) mass is 285 g/mol. The average Bonchev–Trinajstić information content (AvgIpc) is 2.94. The van der Waals surface area contributed by atoms with Crippen LogP contribution in [0.5, 0.6) is 0 Å². The summed E-state index contributed by atoms with van der Waals surface area (Å²) in [6.45, 7) is 0.810. The van der Waals surface area contributed by atoms with Gasteiger partial charge in [0.1, 0.15) is 5.82 Å². The molecular weight excluding hydrogens is 269 g/mol. The quantitative estimate of drug-likeness (QED) is 0.879. The number of nitrogens with zero attached hydrogens (tertiary/aromatic N) is 2. The maximum absolute atomic E-state index is 13.4. The summed E-state index contributed by atoms with van der Waals surface area (Å²) in [5.74, 6) is -0.528. The van der Waals surface area contributed by atoms with Gasteiger partial charge in [0.05, 0.1) is 0 Å². The summed E-state index contributed by atoms with van der Waals surface area (Å²) >= 11 is 0. The van der Waals surface area contributed by atoms with Crippen LogP contribution in [-0.2, 0) is 17.8 Å². The van der Waals surface area contributed by atoms with Gasteiger partial charge in [-0.15, -0.1) is 0 Å². The van der Waals surface area contributed by atoms with E-state index in [1.807, 2.05) is 10.7 Å². The first kappa shape index (κ1) is 13.5. The van der Waals surface area contributed by atoms with Crippen LogP contribution in [0, 0.1) is 5.82 Å². The molecule has 3 rings (SSSR count). The minimum Gasteiger partial charge on any atom is -0.349 e. The number of aromatic nitrogens is 2. The largest absolute Gasteiger partial charge is 0.349 e. The smallest absolute Gasteiger partial charge is 0.244 e. The van der Waals surface area contributed by atoms with Gasteiger partial charge in [-0.3, -0.25) is 9.48 Å². The fourth-order valence-corrected chi connectivity index (χ4v) is 2.52. The molecule has 0 fully saturated rings. The molecule has 1 aromatic heterocycles. The van der Waals surface area contributed by atoms with Crippen LogP contribution in [0.25, 0.3) is 6.08 Å². The molecule has 0 radical (unpaired) electrons. The van der Waals surface area contributed by atoms with E-state index in [2.05, 4.69) is 10.4 Å². The van der Waals surface area contributed by atoms with Crippen molar-refractivity contribution < 1.29 is 9.18 Å². The molecule has 21 heavy (non-hydrogen) atoms. The molecule has 1 aromatic carbocycles. The van der Waals surface area contributed by atoms with Crippen molar-refractivity contribution in [3.63, 3.8) is 0 Å². The highest BCUT2D eigenvalue weighted by molar-refractivity contribution is 5.91. The maximum atomic E-state index is 13.4. The highest BCUT2D eigenvalue weighted by Crippen LogP contribution is 2.14. The molecule has 0 saturated carbocycles. The third-order valence-electron chi connectivity index (χ3n) is 3.62. The van der Waals surface area contributed by atoms with E-state index >= 15 is 0 Å². The lowest BCUT2D eigenvalue weighted by Gasteiger charge is -2.23. The first-order chi connectivity index (χ1) is 10.2. The number of hydrogen-bond donors (Lipinski definition) is 1. The summed E-state index contributed by atoms with van der Waals surface area (Å²) in [7, 11) is 0. The molecule has 0 spiro atoms. The highest BCUT2D eigenvalue weighted by atomic mass is 19.1. The summed E-state index contributed by atoms with van der Waals surface area (Å²) in [5, 5.41) is 7.15. The summed E-state index contributed by atoms with van der Waals surface area (Å²) in [4.78, 5) is 11.9. The third-order valence-corrected chi connectivity index (χ3v) is 3.62. The molecule has 108 valence electrons. The van der Waals surface area contributed by atoms with Crippen molar-refractivity contribution in [3.8, 4) is 0 Å². The molecule has 1 aliphatic heterocycles. The van der Waals surface area contributed by atoms with Gasteiger partial charge in [-0.25, -0.2) is 4.39 Å². The molecule has 1 aliphatic rings. The van der Waals surface area contributed by atoms with E-state index in [0.29, 0.717) is 5.56 Å². The standard InChI is InChI=1S/C16H16FN3O/c17-15-4-2-1-3-12(15)5-6-16(21)19-13-8-10-20-14(11-13)7-9-18-20/h1-7,9,13H,8,10-11H2,(H,19,21). The summed E-state index contributed by atoms with van der Waals surface area (Å²) in [6.07, 6.45) is 6.28. The van der Waals surface area contributed by atoms with Crippen molar-refractivity contribution in [1.82, 2.24) is 15.1 Å². The second kappa shape index (κ2) is 5.91. The Morgan fingerprint density at radius 2 is 2.24 bits per heavy atom. The Bertz CT molecular complexity index is 678. The van der Waals surface area contributed by atoms with E-state index in [1.165, 1.54) is 18.2 Å². The van der Waals surface area contributed by atoms with E-state index in [9.17, 15) is 9.18 Å². The Morgan fingerprint density at radius 3 is 3.10 bits per heavy atom. The van der Waals surface area contributed by atoms with Gasteiger partial charge in [0.2, 0.25) is 5.91 Å². The topological polar surface area (TPSA) is 46.9 Å². The van der Waals surface area contributed by atoms with Crippen molar-refractivity contribution in [1.29, 1.82) is 0 Å². The van der Waals surface area contributed by atoms with E-state index < -0.39 is 0 Å². The molecule has 1 amide bonds. The number of aryl methyl sites for hydroxylation is 1. The van der Waals surface area contributed by atoms with Gasteiger partial charge in [-0.2, -0.15) is 5.10 Å². The molecule has 1 atom stereocenters. The molecule has 0 saturated heterocycles. The maximum Gasteiger partial charge on any atom is 0.244 e. The van der Waals surface area contributed by atoms with Crippen molar-refractivity contribution >= 4 is 12.0 Å². The van der Waals surface area contributed by atoms with E-state index in [0.717, 1.165) is 25.1 Å². The number of halogens is 1. The molecule has 5 heteroatoms. The number of amides is 1. The van der Waals surface area contributed by atoms with Gasteiger partial charge in [-0.1, -0.05) is 18.2 Å². The van der Waals surface area contributed by atoms with E-state index in [4.69, 9.17) is 0 Å². The van der Waals surface area contributed by atoms with Crippen molar-refractivity contribution in [2.45, 2.75) is 25.4 Å². The van der Waals surface area contributed by atoms with Crippen molar-refractivity contribution in [2.75, 3.05) is 0 Å². The van der Waals surface area contributed by atoms with Crippen molar-refractivity contribution in [2.24, 2.45) is 0 Å². The van der Waals surface area contributed by atoms with Gasteiger partial charge in [0, 0.05) is 42.5 Å². The summed E-state index contributed by atoms with van der Waals surface area (Å²) < 4.78 is 15.4. The minimum atomic E-state index is -0.330. The number of benzene rings is 1. The molecule has 1 N–H and O–H groups in total. The second-order valence-electron chi connectivity index (χ2n) is 5.10. The summed E-state index contributed by atoms with van der Waals surface area (Å²) in [6, 6.07) is 8.44. The third kappa shape index (κ3) is 3.18. The van der Waals surface area contributed by atoms with Crippen LogP contribution in [0.2, 0.25) is 0 Å². The van der Waals surface area contributed by atoms with Gasteiger partial charge in [0.15, 0.2) is 0 Å². The van der Waals surface area contributed by atoms with Crippen LogP contribution in [0.1, 0.15) is 17.7 Å². The number of hydrogen-bond acceptors (Lipinski definition) is 2. The molecule has 4 nitrogen and oxygen atoms in total.